The number of alkyl carbamates (subject to hydrolysis) is 1. The minimum absolute atomic E-state index is 0.214. The Morgan fingerprint density at radius 3 is 2.17 bits per heavy atom. The summed E-state index contributed by atoms with van der Waals surface area (Å²) in [5, 5.41) is 2.70. The molecule has 0 aromatic heterocycles. The third-order valence-electron chi connectivity index (χ3n) is 3.43. The Balaban J connectivity index is 1.89. The van der Waals surface area contributed by atoms with E-state index in [-0.39, 0.29) is 24.4 Å². The highest BCUT2D eigenvalue weighted by Crippen LogP contribution is 2.22. The van der Waals surface area contributed by atoms with Gasteiger partial charge in [-0.25, -0.2) is 4.79 Å². The normalized spacial score (nSPS) is 15.4. The van der Waals surface area contributed by atoms with Gasteiger partial charge in [0.1, 0.15) is 5.60 Å². The van der Waals surface area contributed by atoms with Gasteiger partial charge < -0.3 is 10.1 Å². The lowest BCUT2D eigenvalue weighted by atomic mass is 10.1. The highest BCUT2D eigenvalue weighted by Gasteiger charge is 2.34. The molecule has 3 amide bonds. The van der Waals surface area contributed by atoms with Gasteiger partial charge in [-0.1, -0.05) is 12.1 Å². The molecular formula is C17H22N2O4. The SMILES string of the molecule is C[C@H](CCN1C(=O)c2ccccc2C1=O)NC(=O)OC(C)(C)C. The molecule has 2 rings (SSSR count). The van der Waals surface area contributed by atoms with Gasteiger partial charge in [0.2, 0.25) is 0 Å². The van der Waals surface area contributed by atoms with Crippen molar-refractivity contribution in [3.05, 3.63) is 35.4 Å². The van der Waals surface area contributed by atoms with Crippen molar-refractivity contribution in [1.82, 2.24) is 10.2 Å². The fourth-order valence-corrected chi connectivity index (χ4v) is 2.35. The highest BCUT2D eigenvalue weighted by molar-refractivity contribution is 6.21. The molecule has 0 bridgehead atoms. The van der Waals surface area contributed by atoms with Crippen molar-refractivity contribution < 1.29 is 19.1 Å². The van der Waals surface area contributed by atoms with E-state index in [0.717, 1.165) is 0 Å². The van der Waals surface area contributed by atoms with E-state index in [1.54, 1.807) is 45.0 Å². The Kier molecular flexibility index (Phi) is 4.73. The minimum atomic E-state index is -0.563. The lowest BCUT2D eigenvalue weighted by Gasteiger charge is -2.22. The molecule has 1 aliphatic heterocycles. The lowest BCUT2D eigenvalue weighted by Crippen LogP contribution is -2.40. The first-order valence-corrected chi connectivity index (χ1v) is 7.64. The first-order chi connectivity index (χ1) is 10.7. The molecule has 6 heteroatoms. The fraction of sp³-hybridized carbons (Fsp3) is 0.471. The molecule has 124 valence electrons. The Morgan fingerprint density at radius 1 is 1.17 bits per heavy atom. The molecule has 1 atom stereocenters. The van der Waals surface area contributed by atoms with Gasteiger partial charge in [0.25, 0.3) is 11.8 Å². The van der Waals surface area contributed by atoms with E-state index in [2.05, 4.69) is 5.32 Å². The van der Waals surface area contributed by atoms with Crippen LogP contribution in [-0.2, 0) is 4.74 Å². The number of benzene rings is 1. The van der Waals surface area contributed by atoms with Crippen LogP contribution >= 0.6 is 0 Å². The predicted molar refractivity (Wildman–Crippen MR) is 85.3 cm³/mol. The van der Waals surface area contributed by atoms with Crippen molar-refractivity contribution >= 4 is 17.9 Å². The fourth-order valence-electron chi connectivity index (χ4n) is 2.35. The Morgan fingerprint density at radius 2 is 1.70 bits per heavy atom. The third-order valence-corrected chi connectivity index (χ3v) is 3.43. The number of hydrogen-bond acceptors (Lipinski definition) is 4. The van der Waals surface area contributed by atoms with Crippen LogP contribution in [0.1, 0.15) is 54.8 Å². The van der Waals surface area contributed by atoms with Crippen molar-refractivity contribution in [3.63, 3.8) is 0 Å². The zero-order valence-corrected chi connectivity index (χ0v) is 13.9. The lowest BCUT2D eigenvalue weighted by molar-refractivity contribution is 0.0504. The van der Waals surface area contributed by atoms with Crippen LogP contribution in [0.2, 0.25) is 0 Å². The first kappa shape index (κ1) is 17.0. The van der Waals surface area contributed by atoms with Gasteiger partial charge in [-0.2, -0.15) is 0 Å². The van der Waals surface area contributed by atoms with Gasteiger partial charge in [0.05, 0.1) is 11.1 Å². The van der Waals surface area contributed by atoms with Crippen molar-refractivity contribution in [2.24, 2.45) is 0 Å². The van der Waals surface area contributed by atoms with E-state index in [4.69, 9.17) is 4.74 Å². The summed E-state index contributed by atoms with van der Waals surface area (Å²) in [5.41, 5.74) is 0.308. The number of nitrogens with zero attached hydrogens (tertiary/aromatic N) is 1. The maximum atomic E-state index is 12.2. The number of nitrogens with one attached hydrogen (secondary N) is 1. The summed E-state index contributed by atoms with van der Waals surface area (Å²) in [6, 6.07) is 6.56. The van der Waals surface area contributed by atoms with Crippen LogP contribution < -0.4 is 5.32 Å². The molecule has 0 saturated heterocycles. The van der Waals surface area contributed by atoms with Crippen molar-refractivity contribution in [2.75, 3.05) is 6.54 Å². The summed E-state index contributed by atoms with van der Waals surface area (Å²) in [6.45, 7) is 7.42. The quantitative estimate of drug-likeness (QED) is 0.866. The predicted octanol–water partition coefficient (Wildman–Crippen LogP) is 2.59. The monoisotopic (exact) mass is 318 g/mol. The van der Waals surface area contributed by atoms with E-state index in [1.807, 2.05) is 6.92 Å². The van der Waals surface area contributed by atoms with Crippen molar-refractivity contribution in [1.29, 1.82) is 0 Å². The van der Waals surface area contributed by atoms with Gasteiger partial charge in [0, 0.05) is 12.6 Å². The minimum Gasteiger partial charge on any atom is -0.444 e. The number of hydrogen-bond donors (Lipinski definition) is 1. The number of carbonyl (C=O) groups excluding carboxylic acids is 3. The second-order valence-electron chi connectivity index (χ2n) is 6.64. The summed E-state index contributed by atoms with van der Waals surface area (Å²) in [5.74, 6) is -0.565. The standard InChI is InChI=1S/C17H22N2O4/c1-11(18-16(22)23-17(2,3)4)9-10-19-14(20)12-7-5-6-8-13(12)15(19)21/h5-8,11H,9-10H2,1-4H3,(H,18,22)/t11-/m1/s1. The van der Waals surface area contributed by atoms with E-state index in [0.29, 0.717) is 17.5 Å². The van der Waals surface area contributed by atoms with E-state index >= 15 is 0 Å². The second kappa shape index (κ2) is 6.40. The Labute approximate surface area is 135 Å². The molecule has 1 aromatic rings. The Bertz CT molecular complexity index is 599. The zero-order chi connectivity index (χ0) is 17.2. The van der Waals surface area contributed by atoms with Crippen LogP contribution in [0.4, 0.5) is 4.79 Å². The molecule has 0 aliphatic carbocycles. The maximum absolute atomic E-state index is 12.2. The molecule has 1 heterocycles. The van der Waals surface area contributed by atoms with E-state index in [9.17, 15) is 14.4 Å². The molecule has 0 unspecified atom stereocenters. The number of fused-ring (bicyclic) bond motifs is 1. The van der Waals surface area contributed by atoms with Crippen molar-refractivity contribution in [3.8, 4) is 0 Å². The smallest absolute Gasteiger partial charge is 0.407 e. The van der Waals surface area contributed by atoms with E-state index in [1.165, 1.54) is 4.90 Å². The third kappa shape index (κ3) is 4.09. The maximum Gasteiger partial charge on any atom is 0.407 e. The van der Waals surface area contributed by atoms with Gasteiger partial charge in [0.15, 0.2) is 0 Å². The van der Waals surface area contributed by atoms with Gasteiger partial charge in [-0.3, -0.25) is 14.5 Å². The van der Waals surface area contributed by atoms with Gasteiger partial charge in [-0.05, 0) is 46.2 Å². The molecule has 0 saturated carbocycles. The second-order valence-corrected chi connectivity index (χ2v) is 6.64. The molecule has 1 aliphatic rings. The van der Waals surface area contributed by atoms with Crippen LogP contribution in [0.25, 0.3) is 0 Å². The summed E-state index contributed by atoms with van der Waals surface area (Å²) < 4.78 is 5.18. The largest absolute Gasteiger partial charge is 0.444 e. The first-order valence-electron chi connectivity index (χ1n) is 7.64. The molecular weight excluding hydrogens is 296 g/mol. The summed E-state index contributed by atoms with van der Waals surface area (Å²) in [7, 11) is 0. The number of ether oxygens (including phenoxy) is 1. The Hall–Kier alpha value is -2.37. The topological polar surface area (TPSA) is 75.7 Å². The molecule has 0 fully saturated rings. The average Bonchev–Trinajstić information content (AvgIpc) is 2.67. The number of imide groups is 1. The molecule has 0 radical (unpaired) electrons. The number of carbonyl (C=O) groups is 3. The number of rotatable bonds is 4. The zero-order valence-electron chi connectivity index (χ0n) is 13.9. The molecule has 0 spiro atoms. The number of amides is 3. The van der Waals surface area contributed by atoms with Crippen LogP contribution in [0.3, 0.4) is 0 Å². The van der Waals surface area contributed by atoms with Gasteiger partial charge in [-0.15, -0.1) is 0 Å². The summed E-state index contributed by atoms with van der Waals surface area (Å²) in [4.78, 5) is 37.4. The molecule has 1 N–H and O–H groups in total. The average molecular weight is 318 g/mol. The summed E-state index contributed by atoms with van der Waals surface area (Å²) in [6.07, 6.45) is -0.0441. The molecule has 23 heavy (non-hydrogen) atoms. The highest BCUT2D eigenvalue weighted by atomic mass is 16.6. The van der Waals surface area contributed by atoms with Crippen LogP contribution in [0, 0.1) is 0 Å². The van der Waals surface area contributed by atoms with Crippen LogP contribution in [0.5, 0.6) is 0 Å². The molecule has 6 nitrogen and oxygen atoms in total. The summed E-state index contributed by atoms with van der Waals surface area (Å²) >= 11 is 0. The van der Waals surface area contributed by atoms with E-state index < -0.39 is 11.7 Å². The van der Waals surface area contributed by atoms with Crippen LogP contribution in [-0.4, -0.2) is 41.0 Å². The molecule has 1 aromatic carbocycles. The van der Waals surface area contributed by atoms with Crippen molar-refractivity contribution in [2.45, 2.75) is 45.8 Å². The van der Waals surface area contributed by atoms with Gasteiger partial charge >= 0.3 is 6.09 Å². The van der Waals surface area contributed by atoms with Crippen LogP contribution in [0.15, 0.2) is 24.3 Å².